The Morgan fingerprint density at radius 3 is 2.81 bits per heavy atom. The van der Waals surface area contributed by atoms with Gasteiger partial charge in [0.05, 0.1) is 17.7 Å². The molecular formula is C14H14ClN5O. The van der Waals surface area contributed by atoms with Crippen LogP contribution in [0.4, 0.5) is 5.82 Å². The molecular weight excluding hydrogens is 290 g/mol. The number of hydrogen-bond acceptors (Lipinski definition) is 5. The number of aryl methyl sites for hydroxylation is 1. The maximum absolute atomic E-state index is 10.2. The van der Waals surface area contributed by atoms with Gasteiger partial charge < -0.3 is 10.4 Å². The van der Waals surface area contributed by atoms with Crippen LogP contribution in [0, 0.1) is 0 Å². The SMILES string of the molecule is Cn1ncc2c(NC[C@H](O)c3ccc(Cl)cc3)ncnc21. The molecule has 108 valence electrons. The van der Waals surface area contributed by atoms with Crippen molar-refractivity contribution in [2.24, 2.45) is 7.05 Å². The Hall–Kier alpha value is -2.18. The summed E-state index contributed by atoms with van der Waals surface area (Å²) in [6.07, 6.45) is 2.52. The van der Waals surface area contributed by atoms with E-state index in [4.69, 9.17) is 11.6 Å². The molecule has 1 aromatic carbocycles. The Kier molecular flexibility index (Phi) is 3.72. The third-order valence-electron chi connectivity index (χ3n) is 3.25. The summed E-state index contributed by atoms with van der Waals surface area (Å²) in [4.78, 5) is 8.36. The number of fused-ring (bicyclic) bond motifs is 1. The molecule has 6 nitrogen and oxygen atoms in total. The maximum Gasteiger partial charge on any atom is 0.163 e. The first-order valence-electron chi connectivity index (χ1n) is 6.45. The van der Waals surface area contributed by atoms with Crippen LogP contribution in [0.3, 0.4) is 0 Å². The summed E-state index contributed by atoms with van der Waals surface area (Å²) in [5.41, 5.74) is 1.54. The highest BCUT2D eigenvalue weighted by atomic mass is 35.5. The summed E-state index contributed by atoms with van der Waals surface area (Å²) in [6.45, 7) is 0.336. The van der Waals surface area contributed by atoms with E-state index in [1.165, 1.54) is 6.33 Å². The molecule has 0 unspecified atom stereocenters. The second-order valence-corrected chi connectivity index (χ2v) is 5.11. The molecule has 21 heavy (non-hydrogen) atoms. The lowest BCUT2D eigenvalue weighted by atomic mass is 10.1. The van der Waals surface area contributed by atoms with E-state index in [1.807, 2.05) is 7.05 Å². The summed E-state index contributed by atoms with van der Waals surface area (Å²) in [6, 6.07) is 7.11. The molecule has 0 bridgehead atoms. The number of benzene rings is 1. The number of nitrogens with zero attached hydrogens (tertiary/aromatic N) is 4. The molecule has 0 aliphatic carbocycles. The van der Waals surface area contributed by atoms with Crippen molar-refractivity contribution < 1.29 is 5.11 Å². The predicted octanol–water partition coefficient (Wildman–Crippen LogP) is 2.16. The van der Waals surface area contributed by atoms with Crippen LogP contribution in [0.25, 0.3) is 11.0 Å². The number of halogens is 1. The molecule has 0 saturated carbocycles. The Bertz CT molecular complexity index is 756. The third kappa shape index (κ3) is 2.81. The van der Waals surface area contributed by atoms with Gasteiger partial charge in [-0.15, -0.1) is 0 Å². The first-order valence-corrected chi connectivity index (χ1v) is 6.83. The molecule has 3 rings (SSSR count). The second kappa shape index (κ2) is 5.67. The fourth-order valence-corrected chi connectivity index (χ4v) is 2.23. The smallest absolute Gasteiger partial charge is 0.163 e. The fraction of sp³-hybridized carbons (Fsp3) is 0.214. The van der Waals surface area contributed by atoms with Crippen LogP contribution in [0.1, 0.15) is 11.7 Å². The summed E-state index contributed by atoms with van der Waals surface area (Å²) in [5, 5.41) is 18.9. The highest BCUT2D eigenvalue weighted by Gasteiger charge is 2.11. The Morgan fingerprint density at radius 1 is 1.29 bits per heavy atom. The molecule has 1 atom stereocenters. The van der Waals surface area contributed by atoms with Gasteiger partial charge in [0.25, 0.3) is 0 Å². The van der Waals surface area contributed by atoms with Crippen molar-refractivity contribution >= 4 is 28.5 Å². The van der Waals surface area contributed by atoms with Crippen LogP contribution in [0.15, 0.2) is 36.8 Å². The zero-order valence-corrected chi connectivity index (χ0v) is 12.1. The molecule has 0 aliphatic heterocycles. The Balaban J connectivity index is 1.75. The highest BCUT2D eigenvalue weighted by molar-refractivity contribution is 6.30. The lowest BCUT2D eigenvalue weighted by molar-refractivity contribution is 0.191. The normalized spacial score (nSPS) is 12.5. The predicted molar refractivity (Wildman–Crippen MR) is 81.2 cm³/mol. The van der Waals surface area contributed by atoms with Gasteiger partial charge in [-0.25, -0.2) is 9.97 Å². The van der Waals surface area contributed by atoms with Crippen molar-refractivity contribution in [3.05, 3.63) is 47.4 Å². The number of aromatic nitrogens is 4. The zero-order valence-electron chi connectivity index (χ0n) is 11.4. The number of nitrogens with one attached hydrogen (secondary N) is 1. The van der Waals surface area contributed by atoms with Crippen molar-refractivity contribution in [2.45, 2.75) is 6.10 Å². The summed E-state index contributed by atoms with van der Waals surface area (Å²) in [7, 11) is 1.82. The minimum atomic E-state index is -0.649. The molecule has 0 amide bonds. The Morgan fingerprint density at radius 2 is 2.05 bits per heavy atom. The van der Waals surface area contributed by atoms with Gasteiger partial charge in [-0.2, -0.15) is 5.10 Å². The van der Waals surface area contributed by atoms with Gasteiger partial charge in [-0.3, -0.25) is 4.68 Å². The van der Waals surface area contributed by atoms with Crippen LogP contribution in [-0.2, 0) is 7.05 Å². The van der Waals surface area contributed by atoms with Crippen molar-refractivity contribution in [1.82, 2.24) is 19.7 Å². The average Bonchev–Trinajstić information content (AvgIpc) is 2.88. The topological polar surface area (TPSA) is 75.9 Å². The summed E-state index contributed by atoms with van der Waals surface area (Å²) < 4.78 is 1.68. The van der Waals surface area contributed by atoms with E-state index in [0.29, 0.717) is 17.4 Å². The van der Waals surface area contributed by atoms with Gasteiger partial charge in [0.2, 0.25) is 0 Å². The van der Waals surface area contributed by atoms with E-state index >= 15 is 0 Å². The van der Waals surface area contributed by atoms with Crippen molar-refractivity contribution in [2.75, 3.05) is 11.9 Å². The molecule has 3 aromatic rings. The second-order valence-electron chi connectivity index (χ2n) is 4.68. The molecule has 0 aliphatic rings. The van der Waals surface area contributed by atoms with E-state index in [2.05, 4.69) is 20.4 Å². The van der Waals surface area contributed by atoms with Crippen molar-refractivity contribution in [3.63, 3.8) is 0 Å². The summed E-state index contributed by atoms with van der Waals surface area (Å²) >= 11 is 5.83. The average molecular weight is 304 g/mol. The van der Waals surface area contributed by atoms with Gasteiger partial charge in [-0.1, -0.05) is 23.7 Å². The maximum atomic E-state index is 10.2. The molecule has 2 N–H and O–H groups in total. The monoisotopic (exact) mass is 303 g/mol. The molecule has 2 aromatic heterocycles. The number of aliphatic hydroxyl groups excluding tert-OH is 1. The van der Waals surface area contributed by atoms with E-state index in [-0.39, 0.29) is 0 Å². The largest absolute Gasteiger partial charge is 0.387 e. The highest BCUT2D eigenvalue weighted by Crippen LogP contribution is 2.20. The zero-order chi connectivity index (χ0) is 14.8. The molecule has 0 saturated heterocycles. The molecule has 0 spiro atoms. The van der Waals surface area contributed by atoms with Gasteiger partial charge in [0.1, 0.15) is 12.1 Å². The first-order chi connectivity index (χ1) is 10.1. The standard InChI is InChI=1S/C14H14ClN5O/c1-20-14-11(6-19-20)13(17-8-18-14)16-7-12(21)9-2-4-10(15)5-3-9/h2-6,8,12,21H,7H2,1H3,(H,16,17,18)/t12-/m0/s1. The van der Waals surface area contributed by atoms with E-state index < -0.39 is 6.10 Å². The van der Waals surface area contributed by atoms with Crippen LogP contribution < -0.4 is 5.32 Å². The van der Waals surface area contributed by atoms with E-state index in [0.717, 1.165) is 16.6 Å². The number of rotatable bonds is 4. The summed E-state index contributed by atoms with van der Waals surface area (Å²) in [5.74, 6) is 0.654. The lowest BCUT2D eigenvalue weighted by Crippen LogP contribution is -2.13. The molecule has 0 fully saturated rings. The Labute approximate surface area is 126 Å². The minimum absolute atomic E-state index is 0.336. The van der Waals surface area contributed by atoms with Crippen LogP contribution >= 0.6 is 11.6 Å². The third-order valence-corrected chi connectivity index (χ3v) is 3.50. The van der Waals surface area contributed by atoms with Gasteiger partial charge in [-0.05, 0) is 17.7 Å². The van der Waals surface area contributed by atoms with Gasteiger partial charge in [0, 0.05) is 18.6 Å². The fourth-order valence-electron chi connectivity index (χ4n) is 2.10. The van der Waals surface area contributed by atoms with E-state index in [9.17, 15) is 5.11 Å². The van der Waals surface area contributed by atoms with Crippen LogP contribution in [0.5, 0.6) is 0 Å². The minimum Gasteiger partial charge on any atom is -0.387 e. The first kappa shape index (κ1) is 13.8. The number of anilines is 1. The van der Waals surface area contributed by atoms with Gasteiger partial charge >= 0.3 is 0 Å². The van der Waals surface area contributed by atoms with E-state index in [1.54, 1.807) is 35.1 Å². The van der Waals surface area contributed by atoms with Crippen molar-refractivity contribution in [1.29, 1.82) is 0 Å². The van der Waals surface area contributed by atoms with Gasteiger partial charge in [0.15, 0.2) is 5.65 Å². The van der Waals surface area contributed by atoms with Crippen LogP contribution in [0.2, 0.25) is 5.02 Å². The number of hydrogen-bond donors (Lipinski definition) is 2. The molecule has 7 heteroatoms. The van der Waals surface area contributed by atoms with Crippen molar-refractivity contribution in [3.8, 4) is 0 Å². The lowest BCUT2D eigenvalue weighted by Gasteiger charge is -2.13. The molecule has 2 heterocycles. The quantitative estimate of drug-likeness (QED) is 0.772. The number of aliphatic hydroxyl groups is 1. The molecule has 0 radical (unpaired) electrons. The van der Waals surface area contributed by atoms with Crippen LogP contribution in [-0.4, -0.2) is 31.4 Å².